The Hall–Kier alpha value is -1.54. The van der Waals surface area contributed by atoms with E-state index in [1.807, 2.05) is 12.1 Å². The van der Waals surface area contributed by atoms with Gasteiger partial charge in [0.25, 0.3) is 5.69 Å². The van der Waals surface area contributed by atoms with Gasteiger partial charge in [0, 0.05) is 10.9 Å². The van der Waals surface area contributed by atoms with Crippen LogP contribution < -0.4 is 5.32 Å². The Morgan fingerprint density at radius 1 is 1.40 bits per heavy atom. The lowest BCUT2D eigenvalue weighted by atomic mass is 10.2. The smallest absolute Gasteiger partial charge is 0.298 e. The van der Waals surface area contributed by atoms with Gasteiger partial charge in [-0.2, -0.15) is 0 Å². The van der Waals surface area contributed by atoms with E-state index >= 15 is 0 Å². The molecule has 106 valence electrons. The molecule has 8 heteroatoms. The number of hydrogen-bond acceptors (Lipinski definition) is 4. The Morgan fingerprint density at radius 3 is 2.65 bits per heavy atom. The summed E-state index contributed by atoms with van der Waals surface area (Å²) in [6.45, 7) is 1.74. The first-order valence-corrected chi connectivity index (χ1v) is 7.14. The molecule has 1 atom stereocenters. The molecule has 0 aliphatic heterocycles. The molecule has 1 aromatic heterocycles. The van der Waals surface area contributed by atoms with Crippen LogP contribution in [0.1, 0.15) is 17.8 Å². The first-order valence-electron chi connectivity index (χ1n) is 5.53. The highest BCUT2D eigenvalue weighted by atomic mass is 79.9. The molecule has 4 nitrogen and oxygen atoms in total. The second kappa shape index (κ2) is 5.84. The second-order valence-electron chi connectivity index (χ2n) is 4.05. The second-order valence-corrected chi connectivity index (χ2v) is 6.54. The average molecular weight is 363 g/mol. The van der Waals surface area contributed by atoms with Gasteiger partial charge in [0.05, 0.1) is 20.8 Å². The minimum atomic E-state index is -0.987. The number of nitrogens with one attached hydrogen (secondary N) is 1. The number of rotatable bonds is 4. The monoisotopic (exact) mass is 362 g/mol. The lowest BCUT2D eigenvalue weighted by Gasteiger charge is -2.14. The van der Waals surface area contributed by atoms with Crippen LogP contribution in [0.5, 0.6) is 0 Å². The van der Waals surface area contributed by atoms with Crippen molar-refractivity contribution in [2.24, 2.45) is 0 Å². The molecule has 0 fully saturated rings. The van der Waals surface area contributed by atoms with Crippen molar-refractivity contribution in [3.05, 3.63) is 54.7 Å². The molecule has 1 heterocycles. The first kappa shape index (κ1) is 14.9. The van der Waals surface area contributed by atoms with Crippen molar-refractivity contribution in [2.45, 2.75) is 13.0 Å². The van der Waals surface area contributed by atoms with Gasteiger partial charge in [-0.1, -0.05) is 0 Å². The van der Waals surface area contributed by atoms with Crippen LogP contribution in [-0.4, -0.2) is 4.92 Å². The fraction of sp³-hybridized carbons (Fsp3) is 0.167. The number of benzene rings is 1. The highest BCUT2D eigenvalue weighted by Crippen LogP contribution is 2.34. The maximum absolute atomic E-state index is 13.7. The fourth-order valence-electron chi connectivity index (χ4n) is 1.70. The summed E-state index contributed by atoms with van der Waals surface area (Å²) in [4.78, 5) is 10.9. The van der Waals surface area contributed by atoms with Gasteiger partial charge in [-0.3, -0.25) is 10.1 Å². The van der Waals surface area contributed by atoms with Crippen molar-refractivity contribution in [1.29, 1.82) is 0 Å². The maximum Gasteiger partial charge on any atom is 0.298 e. The predicted molar refractivity (Wildman–Crippen MR) is 77.1 cm³/mol. The molecule has 1 N–H and O–H groups in total. The van der Waals surface area contributed by atoms with Crippen molar-refractivity contribution < 1.29 is 13.7 Å². The lowest BCUT2D eigenvalue weighted by Crippen LogP contribution is -2.09. The maximum atomic E-state index is 13.7. The molecule has 0 aliphatic rings. The Kier molecular flexibility index (Phi) is 4.34. The van der Waals surface area contributed by atoms with Crippen LogP contribution in [0.4, 0.5) is 20.2 Å². The van der Waals surface area contributed by atoms with E-state index in [2.05, 4.69) is 21.2 Å². The largest absolute Gasteiger partial charge is 0.370 e. The highest BCUT2D eigenvalue weighted by molar-refractivity contribution is 9.11. The van der Waals surface area contributed by atoms with Crippen molar-refractivity contribution in [3.63, 3.8) is 0 Å². The molecular formula is C12H9BrF2N2O2S. The Bertz CT molecular complexity index is 663. The zero-order valence-electron chi connectivity index (χ0n) is 10.2. The van der Waals surface area contributed by atoms with E-state index in [1.165, 1.54) is 11.3 Å². The zero-order chi connectivity index (χ0) is 14.9. The van der Waals surface area contributed by atoms with E-state index in [0.29, 0.717) is 12.1 Å². The number of hydrogen-bond donors (Lipinski definition) is 1. The normalized spacial score (nSPS) is 12.2. The van der Waals surface area contributed by atoms with Gasteiger partial charge in [-0.05, 0) is 35.0 Å². The summed E-state index contributed by atoms with van der Waals surface area (Å²) in [7, 11) is 0. The molecular weight excluding hydrogens is 354 g/mol. The van der Waals surface area contributed by atoms with Crippen LogP contribution in [0.15, 0.2) is 28.1 Å². The number of nitro benzene ring substituents is 1. The van der Waals surface area contributed by atoms with Crippen molar-refractivity contribution in [2.75, 3.05) is 5.32 Å². The van der Waals surface area contributed by atoms with E-state index in [4.69, 9.17) is 0 Å². The van der Waals surface area contributed by atoms with E-state index < -0.39 is 22.2 Å². The molecule has 2 rings (SSSR count). The number of anilines is 1. The molecule has 0 bridgehead atoms. The van der Waals surface area contributed by atoms with Crippen LogP contribution >= 0.6 is 27.3 Å². The molecule has 1 unspecified atom stereocenters. The summed E-state index contributed by atoms with van der Waals surface area (Å²) in [6, 6.07) is 4.62. The van der Waals surface area contributed by atoms with Gasteiger partial charge in [0.1, 0.15) is 11.5 Å². The van der Waals surface area contributed by atoms with E-state index in [9.17, 15) is 18.9 Å². The Balaban J connectivity index is 2.35. The van der Waals surface area contributed by atoms with Gasteiger partial charge in [0.15, 0.2) is 5.82 Å². The molecule has 20 heavy (non-hydrogen) atoms. The minimum Gasteiger partial charge on any atom is -0.370 e. The number of thiophene rings is 1. The third-order valence-corrected chi connectivity index (χ3v) is 4.42. The molecule has 2 aromatic rings. The third kappa shape index (κ3) is 3.13. The highest BCUT2D eigenvalue weighted by Gasteiger charge is 2.22. The van der Waals surface area contributed by atoms with Crippen LogP contribution in [0, 0.1) is 21.7 Å². The average Bonchev–Trinajstić information content (AvgIpc) is 2.78. The number of halogens is 3. The summed E-state index contributed by atoms with van der Waals surface area (Å²) in [5, 5.41) is 13.6. The van der Waals surface area contributed by atoms with Crippen LogP contribution in [0.25, 0.3) is 0 Å². The molecule has 1 aromatic carbocycles. The molecule has 0 saturated heterocycles. The quantitative estimate of drug-likeness (QED) is 0.623. The first-order chi connectivity index (χ1) is 9.38. The van der Waals surface area contributed by atoms with Crippen molar-refractivity contribution >= 4 is 38.6 Å². The summed E-state index contributed by atoms with van der Waals surface area (Å²) in [5.41, 5.74) is -0.932. The number of nitro groups is 1. The Morgan fingerprint density at radius 2 is 2.10 bits per heavy atom. The summed E-state index contributed by atoms with van der Waals surface area (Å²) in [6.07, 6.45) is 0. The summed E-state index contributed by atoms with van der Waals surface area (Å²) >= 11 is 4.73. The Labute approximate surface area is 125 Å². The summed E-state index contributed by atoms with van der Waals surface area (Å²) < 4.78 is 27.7. The topological polar surface area (TPSA) is 55.2 Å². The van der Waals surface area contributed by atoms with Crippen LogP contribution in [0.2, 0.25) is 0 Å². The standard InChI is InChI=1S/C12H9BrF2N2O2S/c1-6(10-2-3-11(13)20-10)16-12-8(15)4-7(14)5-9(12)17(18)19/h2-6,16H,1H3. The van der Waals surface area contributed by atoms with E-state index in [-0.39, 0.29) is 11.7 Å². The zero-order valence-corrected chi connectivity index (χ0v) is 12.6. The van der Waals surface area contributed by atoms with Crippen LogP contribution in [0.3, 0.4) is 0 Å². The predicted octanol–water partition coefficient (Wildman–Crippen LogP) is 4.87. The molecule has 0 amide bonds. The molecule has 0 radical (unpaired) electrons. The van der Waals surface area contributed by atoms with E-state index in [1.54, 1.807) is 6.92 Å². The fourth-order valence-corrected chi connectivity index (χ4v) is 3.12. The van der Waals surface area contributed by atoms with Gasteiger partial charge < -0.3 is 5.32 Å². The molecule has 0 spiro atoms. The van der Waals surface area contributed by atoms with E-state index in [0.717, 1.165) is 8.66 Å². The molecule has 0 aliphatic carbocycles. The van der Waals surface area contributed by atoms with Gasteiger partial charge in [-0.25, -0.2) is 8.78 Å². The third-order valence-electron chi connectivity index (χ3n) is 2.61. The van der Waals surface area contributed by atoms with Crippen LogP contribution in [-0.2, 0) is 0 Å². The minimum absolute atomic E-state index is 0.312. The SMILES string of the molecule is CC(Nc1c(F)cc(F)cc1[N+](=O)[O-])c1ccc(Br)s1. The van der Waals surface area contributed by atoms with Gasteiger partial charge in [-0.15, -0.1) is 11.3 Å². The molecule has 0 saturated carbocycles. The summed E-state index contributed by atoms with van der Waals surface area (Å²) in [5.74, 6) is -1.97. The van der Waals surface area contributed by atoms with Gasteiger partial charge in [0.2, 0.25) is 0 Å². The lowest BCUT2D eigenvalue weighted by molar-refractivity contribution is -0.384. The number of nitrogens with zero attached hydrogens (tertiary/aromatic N) is 1. The van der Waals surface area contributed by atoms with Gasteiger partial charge >= 0.3 is 0 Å². The van der Waals surface area contributed by atoms with Crippen molar-refractivity contribution in [1.82, 2.24) is 0 Å². The van der Waals surface area contributed by atoms with Crippen molar-refractivity contribution in [3.8, 4) is 0 Å².